The van der Waals surface area contributed by atoms with Crippen LogP contribution in [0.3, 0.4) is 0 Å². The van der Waals surface area contributed by atoms with Gasteiger partial charge in [0, 0.05) is 17.1 Å². The van der Waals surface area contributed by atoms with Gasteiger partial charge in [-0.05, 0) is 58.9 Å². The minimum atomic E-state index is -3.86. The van der Waals surface area contributed by atoms with E-state index in [9.17, 15) is 13.2 Å². The third kappa shape index (κ3) is 4.92. The Bertz CT molecular complexity index is 1510. The second-order valence-electron chi connectivity index (χ2n) is 8.83. The van der Waals surface area contributed by atoms with Crippen molar-refractivity contribution in [2.45, 2.75) is 50.4 Å². The number of esters is 1. The van der Waals surface area contributed by atoms with E-state index in [1.165, 1.54) is 25.4 Å². The molecule has 1 N–H and O–H groups in total. The largest absolute Gasteiger partial charge is 0.478 e. The highest BCUT2D eigenvalue weighted by Crippen LogP contribution is 2.37. The zero-order valence-corrected chi connectivity index (χ0v) is 21.7. The quantitative estimate of drug-likeness (QED) is 0.344. The molecule has 35 heavy (non-hydrogen) atoms. The predicted molar refractivity (Wildman–Crippen MR) is 136 cm³/mol. The van der Waals surface area contributed by atoms with Gasteiger partial charge in [-0.15, -0.1) is 11.3 Å². The van der Waals surface area contributed by atoms with E-state index in [1.54, 1.807) is 44.5 Å². The van der Waals surface area contributed by atoms with Gasteiger partial charge in [-0.3, -0.25) is 0 Å². The van der Waals surface area contributed by atoms with Crippen LogP contribution in [0.1, 0.15) is 34.6 Å². The molecular weight excluding hydrogens is 488 g/mol. The summed E-state index contributed by atoms with van der Waals surface area (Å²) in [5.74, 6) is -0.129. The number of anilines is 2. The number of nitrogens with one attached hydrogen (secondary N) is 1. The van der Waals surface area contributed by atoms with Crippen LogP contribution in [0, 0.1) is 0 Å². The summed E-state index contributed by atoms with van der Waals surface area (Å²) >= 11 is 1.55. The number of thiazole rings is 1. The number of nitrogens with zero attached hydrogens (tertiary/aromatic N) is 3. The smallest absolute Gasteiger partial charge is 0.347 e. The molecule has 0 aliphatic carbocycles. The summed E-state index contributed by atoms with van der Waals surface area (Å²) in [7, 11) is -3.86. The van der Waals surface area contributed by atoms with Crippen molar-refractivity contribution in [3.05, 3.63) is 42.2 Å². The van der Waals surface area contributed by atoms with E-state index >= 15 is 0 Å². The fraction of sp³-hybridized carbons (Fsp3) is 0.333. The number of aromatic nitrogens is 3. The van der Waals surface area contributed by atoms with Crippen LogP contribution < -0.4 is 10.1 Å². The van der Waals surface area contributed by atoms with Crippen LogP contribution in [0.15, 0.2) is 47.1 Å². The van der Waals surface area contributed by atoms with Gasteiger partial charge in [-0.25, -0.2) is 28.2 Å². The van der Waals surface area contributed by atoms with Crippen LogP contribution in [0.25, 0.3) is 21.1 Å². The predicted octanol–water partition coefficient (Wildman–Crippen LogP) is 4.89. The Morgan fingerprint density at radius 3 is 2.60 bits per heavy atom. The maximum absolute atomic E-state index is 13.5. The highest BCUT2D eigenvalue weighted by Gasteiger charge is 2.35. The number of carbonyl (C=O) groups excluding carboxylic acids is 1. The molecule has 0 bridgehead atoms. The van der Waals surface area contributed by atoms with E-state index in [0.29, 0.717) is 16.7 Å². The van der Waals surface area contributed by atoms with Crippen LogP contribution in [0.2, 0.25) is 0 Å². The Morgan fingerprint density at radius 1 is 1.11 bits per heavy atom. The van der Waals surface area contributed by atoms with Gasteiger partial charge >= 0.3 is 5.97 Å². The van der Waals surface area contributed by atoms with Gasteiger partial charge in [0.2, 0.25) is 0 Å². The molecule has 4 aromatic rings. The molecule has 0 aliphatic rings. The Balaban J connectivity index is 1.84. The van der Waals surface area contributed by atoms with E-state index < -0.39 is 26.7 Å². The molecule has 9 nitrogen and oxygen atoms in total. The Labute approximate surface area is 207 Å². The first kappa shape index (κ1) is 24.8. The van der Waals surface area contributed by atoms with Crippen molar-refractivity contribution in [3.63, 3.8) is 0 Å². The molecular formula is C24H26N4O5S2. The number of benzene rings is 2. The number of rotatable bonds is 7. The van der Waals surface area contributed by atoms with Crippen LogP contribution in [0.5, 0.6) is 5.75 Å². The van der Waals surface area contributed by atoms with Crippen LogP contribution in [0.4, 0.5) is 11.5 Å². The zero-order chi connectivity index (χ0) is 25.4. The lowest BCUT2D eigenvalue weighted by atomic mass is 10.2. The topological polar surface area (TPSA) is 120 Å². The fourth-order valence-corrected chi connectivity index (χ4v) is 5.33. The Hall–Kier alpha value is -3.31. The van der Waals surface area contributed by atoms with Crippen LogP contribution >= 0.6 is 11.3 Å². The second kappa shape index (κ2) is 9.38. The van der Waals surface area contributed by atoms with E-state index in [1.807, 2.05) is 18.2 Å². The normalized spacial score (nSPS) is 13.1. The molecule has 1 unspecified atom stereocenters. The summed E-state index contributed by atoms with van der Waals surface area (Å²) in [6.45, 7) is 8.20. The van der Waals surface area contributed by atoms with E-state index in [0.717, 1.165) is 15.9 Å². The summed E-state index contributed by atoms with van der Waals surface area (Å²) in [6.07, 6.45) is 0.369. The van der Waals surface area contributed by atoms with Gasteiger partial charge in [-0.2, -0.15) is 0 Å². The molecule has 2 aromatic carbocycles. The molecule has 11 heteroatoms. The molecule has 2 aromatic heterocycles. The molecule has 4 rings (SSSR count). The fourth-order valence-electron chi connectivity index (χ4n) is 3.37. The molecule has 0 amide bonds. The molecule has 2 heterocycles. The zero-order valence-electron chi connectivity index (χ0n) is 20.0. The van der Waals surface area contributed by atoms with E-state index in [2.05, 4.69) is 20.3 Å². The minimum absolute atomic E-state index is 0.0292. The number of ether oxygens (including phenoxy) is 2. The van der Waals surface area contributed by atoms with E-state index in [4.69, 9.17) is 9.47 Å². The lowest BCUT2D eigenvalue weighted by Crippen LogP contribution is -2.30. The van der Waals surface area contributed by atoms with Gasteiger partial charge in [0.1, 0.15) is 22.8 Å². The molecule has 0 radical (unpaired) electrons. The first-order valence-electron chi connectivity index (χ1n) is 11.0. The van der Waals surface area contributed by atoms with Crippen molar-refractivity contribution in [2.24, 2.45) is 0 Å². The lowest BCUT2D eigenvalue weighted by Gasteiger charge is -2.23. The van der Waals surface area contributed by atoms with Crippen molar-refractivity contribution >= 4 is 59.8 Å². The summed E-state index contributed by atoms with van der Waals surface area (Å²) in [4.78, 5) is 25.1. The summed E-state index contributed by atoms with van der Waals surface area (Å²) in [6, 6.07) is 8.76. The number of carbonyl (C=O) groups is 1. The first-order chi connectivity index (χ1) is 16.5. The Morgan fingerprint density at radius 2 is 1.89 bits per heavy atom. The van der Waals surface area contributed by atoms with Crippen molar-refractivity contribution in [2.75, 3.05) is 11.9 Å². The number of fused-ring (bicyclic) bond motifs is 2. The maximum Gasteiger partial charge on any atom is 0.347 e. The molecule has 184 valence electrons. The number of hydrogen-bond acceptors (Lipinski definition) is 10. The van der Waals surface area contributed by atoms with Gasteiger partial charge in [0.15, 0.2) is 15.9 Å². The van der Waals surface area contributed by atoms with Crippen molar-refractivity contribution in [1.82, 2.24) is 15.0 Å². The van der Waals surface area contributed by atoms with Crippen molar-refractivity contribution < 1.29 is 22.7 Å². The van der Waals surface area contributed by atoms with Crippen LogP contribution in [-0.4, -0.2) is 46.8 Å². The summed E-state index contributed by atoms with van der Waals surface area (Å²) < 4.78 is 37.8. The Kier molecular flexibility index (Phi) is 6.65. The highest BCUT2D eigenvalue weighted by atomic mass is 32.2. The SMILES string of the molecule is CCOC(=O)C(C)Oc1cc2ncnc(Nc3ccc4scnc4c3)c2cc1S(=O)(=O)C(C)(C)C. The first-order valence-corrected chi connectivity index (χ1v) is 13.3. The monoisotopic (exact) mass is 514 g/mol. The maximum atomic E-state index is 13.5. The van der Waals surface area contributed by atoms with Crippen molar-refractivity contribution in [1.29, 1.82) is 0 Å². The second-order valence-corrected chi connectivity index (χ2v) is 12.4. The number of hydrogen-bond donors (Lipinski definition) is 1. The van der Waals surface area contributed by atoms with Gasteiger partial charge < -0.3 is 14.8 Å². The van der Waals surface area contributed by atoms with Gasteiger partial charge in [0.25, 0.3) is 0 Å². The standard InChI is InChI=1S/C24H26N4O5S2/c1-6-32-23(29)14(2)33-19-11-17-16(10-21(19)35(30,31)24(3,4)5)22(26-12-25-17)28-15-7-8-20-18(9-15)27-13-34-20/h7-14H,6H2,1-5H3,(H,25,26,28). The third-order valence-corrected chi connectivity index (χ3v) is 8.63. The average Bonchev–Trinajstić information content (AvgIpc) is 3.26. The molecule has 0 fully saturated rings. The molecule has 1 atom stereocenters. The molecule has 0 aliphatic heterocycles. The van der Waals surface area contributed by atoms with Gasteiger partial charge in [-0.1, -0.05) is 0 Å². The van der Waals surface area contributed by atoms with Gasteiger partial charge in [0.05, 0.1) is 32.6 Å². The lowest BCUT2D eigenvalue weighted by molar-refractivity contribution is -0.150. The third-order valence-electron chi connectivity index (χ3n) is 5.31. The molecule has 0 spiro atoms. The van der Waals surface area contributed by atoms with Crippen LogP contribution in [-0.2, 0) is 19.4 Å². The number of sulfone groups is 1. The average molecular weight is 515 g/mol. The summed E-state index contributed by atoms with van der Waals surface area (Å²) in [5.41, 5.74) is 3.82. The molecule has 0 saturated carbocycles. The molecule has 0 saturated heterocycles. The minimum Gasteiger partial charge on any atom is -0.478 e. The van der Waals surface area contributed by atoms with E-state index in [-0.39, 0.29) is 17.3 Å². The highest BCUT2D eigenvalue weighted by molar-refractivity contribution is 7.92. The van der Waals surface area contributed by atoms with Crippen molar-refractivity contribution in [3.8, 4) is 5.75 Å². The summed E-state index contributed by atoms with van der Waals surface area (Å²) in [5, 5.41) is 3.74.